The average Bonchev–Trinajstić information content (AvgIpc) is 2.03. The van der Waals surface area contributed by atoms with Crippen LogP contribution in [0.3, 0.4) is 0 Å². The van der Waals surface area contributed by atoms with Crippen LogP contribution >= 0.6 is 11.8 Å². The zero-order chi connectivity index (χ0) is 9.84. The van der Waals surface area contributed by atoms with Crippen molar-refractivity contribution in [3.05, 3.63) is 35.4 Å². The van der Waals surface area contributed by atoms with Crippen LogP contribution in [0.4, 0.5) is 8.78 Å². The molecule has 0 aliphatic rings. The van der Waals surface area contributed by atoms with Gasteiger partial charge in [-0.05, 0) is 17.4 Å². The zero-order valence-electron chi connectivity index (χ0n) is 7.68. The van der Waals surface area contributed by atoms with Crippen LogP contribution in [-0.4, -0.2) is 5.25 Å². The normalized spacial score (nSPS) is 10.8. The fourth-order valence-corrected chi connectivity index (χ4v) is 1.70. The molecule has 72 valence electrons. The van der Waals surface area contributed by atoms with Crippen molar-refractivity contribution in [2.75, 3.05) is 0 Å². The van der Waals surface area contributed by atoms with Crippen LogP contribution in [-0.2, 0) is 5.75 Å². The summed E-state index contributed by atoms with van der Waals surface area (Å²) in [6.07, 6.45) is 0. The molecular weight excluding hydrogens is 190 g/mol. The number of hydrogen-bond donors (Lipinski definition) is 0. The molecule has 0 saturated heterocycles. The molecule has 0 atom stereocenters. The summed E-state index contributed by atoms with van der Waals surface area (Å²) in [6.45, 7) is 4.01. The Hall–Kier alpha value is -0.570. The monoisotopic (exact) mass is 202 g/mol. The molecule has 0 heterocycles. The maximum Gasteiger partial charge on any atom is 0.130 e. The molecule has 0 aliphatic carbocycles. The summed E-state index contributed by atoms with van der Waals surface area (Å²) in [5.41, 5.74) is 0.182. The Balaban J connectivity index is 2.75. The van der Waals surface area contributed by atoms with Crippen LogP contribution in [0.2, 0.25) is 0 Å². The first kappa shape index (κ1) is 10.5. The maximum absolute atomic E-state index is 13.0. The number of rotatable bonds is 3. The molecule has 0 N–H and O–H groups in total. The Morgan fingerprint density at radius 2 is 1.77 bits per heavy atom. The number of benzene rings is 1. The summed E-state index contributed by atoms with van der Waals surface area (Å²) < 4.78 is 26.1. The lowest BCUT2D eigenvalue weighted by Gasteiger charge is -2.06. The molecule has 0 radical (unpaired) electrons. The van der Waals surface area contributed by atoms with Gasteiger partial charge in [-0.2, -0.15) is 11.8 Å². The Labute approximate surface area is 81.3 Å². The third-order valence-electron chi connectivity index (χ3n) is 1.62. The van der Waals surface area contributed by atoms with E-state index in [4.69, 9.17) is 0 Å². The van der Waals surface area contributed by atoms with Gasteiger partial charge in [-0.15, -0.1) is 0 Å². The Morgan fingerprint density at radius 1 is 1.23 bits per heavy atom. The molecule has 0 bridgehead atoms. The average molecular weight is 202 g/mol. The molecule has 0 unspecified atom stereocenters. The van der Waals surface area contributed by atoms with E-state index in [-0.39, 0.29) is 5.56 Å². The topological polar surface area (TPSA) is 0 Å². The van der Waals surface area contributed by atoms with Crippen molar-refractivity contribution in [1.82, 2.24) is 0 Å². The van der Waals surface area contributed by atoms with E-state index >= 15 is 0 Å². The van der Waals surface area contributed by atoms with Gasteiger partial charge in [-0.3, -0.25) is 0 Å². The lowest BCUT2D eigenvalue weighted by molar-refractivity contribution is 0.566. The fourth-order valence-electron chi connectivity index (χ4n) is 0.920. The smallest absolute Gasteiger partial charge is 0.130 e. The summed E-state index contributed by atoms with van der Waals surface area (Å²) in [7, 11) is 0. The van der Waals surface area contributed by atoms with Gasteiger partial charge in [0.25, 0.3) is 0 Å². The first-order valence-electron chi connectivity index (χ1n) is 4.15. The number of hydrogen-bond acceptors (Lipinski definition) is 1. The molecule has 0 spiro atoms. The summed E-state index contributed by atoms with van der Waals surface area (Å²) in [5, 5.41) is 0.388. The minimum atomic E-state index is -0.451. The van der Waals surface area contributed by atoms with E-state index in [2.05, 4.69) is 0 Å². The molecule has 1 aromatic rings. The van der Waals surface area contributed by atoms with Crippen LogP contribution in [0.25, 0.3) is 0 Å². The van der Waals surface area contributed by atoms with E-state index in [1.807, 2.05) is 13.8 Å². The standard InChI is InChI=1S/C10H12F2S/c1-7(2)13-6-8-9(11)4-3-5-10(8)12/h3-5,7H,6H2,1-2H3. The second-order valence-electron chi connectivity index (χ2n) is 3.06. The van der Waals surface area contributed by atoms with E-state index in [9.17, 15) is 8.78 Å². The third-order valence-corrected chi connectivity index (χ3v) is 2.74. The summed E-state index contributed by atoms with van der Waals surface area (Å²) in [5.74, 6) is -0.503. The molecule has 13 heavy (non-hydrogen) atoms. The van der Waals surface area contributed by atoms with Gasteiger partial charge in [-0.25, -0.2) is 8.78 Å². The zero-order valence-corrected chi connectivity index (χ0v) is 8.50. The van der Waals surface area contributed by atoms with E-state index in [0.29, 0.717) is 11.0 Å². The quantitative estimate of drug-likeness (QED) is 0.721. The molecular formula is C10H12F2S. The van der Waals surface area contributed by atoms with Gasteiger partial charge < -0.3 is 0 Å². The van der Waals surface area contributed by atoms with Gasteiger partial charge in [0.2, 0.25) is 0 Å². The third kappa shape index (κ3) is 2.99. The van der Waals surface area contributed by atoms with Crippen LogP contribution < -0.4 is 0 Å². The summed E-state index contributed by atoms with van der Waals surface area (Å²) in [4.78, 5) is 0. The number of halogens is 2. The first-order chi connectivity index (χ1) is 6.11. The number of thioether (sulfide) groups is 1. The first-order valence-corrected chi connectivity index (χ1v) is 5.20. The van der Waals surface area contributed by atoms with Crippen molar-refractivity contribution in [2.24, 2.45) is 0 Å². The van der Waals surface area contributed by atoms with E-state index in [1.165, 1.54) is 30.0 Å². The van der Waals surface area contributed by atoms with Crippen LogP contribution in [0.1, 0.15) is 19.4 Å². The summed E-state index contributed by atoms with van der Waals surface area (Å²) >= 11 is 1.53. The van der Waals surface area contributed by atoms with Gasteiger partial charge in [-0.1, -0.05) is 19.9 Å². The fraction of sp³-hybridized carbons (Fsp3) is 0.400. The molecule has 0 saturated carbocycles. The maximum atomic E-state index is 13.0. The molecule has 0 amide bonds. The largest absolute Gasteiger partial charge is 0.207 e. The van der Waals surface area contributed by atoms with Crippen LogP contribution in [0.15, 0.2) is 18.2 Å². The Morgan fingerprint density at radius 3 is 2.23 bits per heavy atom. The minimum absolute atomic E-state index is 0.182. The second-order valence-corrected chi connectivity index (χ2v) is 4.62. The van der Waals surface area contributed by atoms with Gasteiger partial charge >= 0.3 is 0 Å². The van der Waals surface area contributed by atoms with Crippen molar-refractivity contribution >= 4 is 11.8 Å². The van der Waals surface area contributed by atoms with Crippen LogP contribution in [0, 0.1) is 11.6 Å². The predicted molar refractivity (Wildman–Crippen MR) is 52.8 cm³/mol. The van der Waals surface area contributed by atoms with Gasteiger partial charge in [0, 0.05) is 11.3 Å². The second kappa shape index (κ2) is 4.61. The molecule has 1 aromatic carbocycles. The molecule has 0 aromatic heterocycles. The highest BCUT2D eigenvalue weighted by atomic mass is 32.2. The van der Waals surface area contributed by atoms with Crippen molar-refractivity contribution < 1.29 is 8.78 Å². The van der Waals surface area contributed by atoms with Crippen LogP contribution in [0.5, 0.6) is 0 Å². The molecule has 3 heteroatoms. The highest BCUT2D eigenvalue weighted by Crippen LogP contribution is 2.21. The van der Waals surface area contributed by atoms with E-state index in [1.54, 1.807) is 0 Å². The summed E-state index contributed by atoms with van der Waals surface area (Å²) in [6, 6.07) is 3.97. The van der Waals surface area contributed by atoms with E-state index < -0.39 is 11.6 Å². The van der Waals surface area contributed by atoms with Crippen molar-refractivity contribution in [1.29, 1.82) is 0 Å². The SMILES string of the molecule is CC(C)SCc1c(F)cccc1F. The molecule has 0 nitrogen and oxygen atoms in total. The van der Waals surface area contributed by atoms with E-state index in [0.717, 1.165) is 0 Å². The molecule has 0 fully saturated rings. The highest BCUT2D eigenvalue weighted by molar-refractivity contribution is 7.99. The predicted octanol–water partition coefficient (Wildman–Crippen LogP) is 3.61. The molecule has 1 rings (SSSR count). The lowest BCUT2D eigenvalue weighted by Crippen LogP contribution is -1.95. The Kier molecular flexibility index (Phi) is 3.72. The van der Waals surface area contributed by atoms with Crippen molar-refractivity contribution in [3.8, 4) is 0 Å². The van der Waals surface area contributed by atoms with Gasteiger partial charge in [0.1, 0.15) is 11.6 Å². The molecule has 0 aliphatic heterocycles. The van der Waals surface area contributed by atoms with Gasteiger partial charge in [0.05, 0.1) is 0 Å². The Bertz CT molecular complexity index is 264. The highest BCUT2D eigenvalue weighted by Gasteiger charge is 2.08. The lowest BCUT2D eigenvalue weighted by atomic mass is 10.2. The van der Waals surface area contributed by atoms with Crippen molar-refractivity contribution in [2.45, 2.75) is 24.9 Å². The van der Waals surface area contributed by atoms with Crippen molar-refractivity contribution in [3.63, 3.8) is 0 Å². The van der Waals surface area contributed by atoms with Gasteiger partial charge in [0.15, 0.2) is 0 Å². The minimum Gasteiger partial charge on any atom is -0.207 e.